The van der Waals surface area contributed by atoms with E-state index in [2.05, 4.69) is 0 Å². The number of aliphatic hydroxyl groups excluding tert-OH is 1. The molecule has 0 fully saturated rings. The molecule has 0 spiro atoms. The third-order valence-electron chi connectivity index (χ3n) is 2.36. The van der Waals surface area contributed by atoms with Crippen LogP contribution in [0.4, 0.5) is 0 Å². The van der Waals surface area contributed by atoms with Gasteiger partial charge in [-0.25, -0.2) is 4.79 Å². The van der Waals surface area contributed by atoms with E-state index < -0.39 is 5.97 Å². The van der Waals surface area contributed by atoms with Crippen LogP contribution in [0.25, 0.3) is 0 Å². The molecule has 5 heteroatoms. The molecular formula is C13H12O3S2. The molecule has 1 aromatic heterocycles. The Morgan fingerprint density at radius 2 is 1.89 bits per heavy atom. The van der Waals surface area contributed by atoms with Crippen molar-refractivity contribution >= 4 is 29.1 Å². The second-order valence-corrected chi connectivity index (χ2v) is 5.88. The lowest BCUT2D eigenvalue weighted by Crippen LogP contribution is -1.89. The van der Waals surface area contributed by atoms with Gasteiger partial charge in [0.05, 0.1) is 6.61 Å². The van der Waals surface area contributed by atoms with E-state index in [-0.39, 0.29) is 6.61 Å². The van der Waals surface area contributed by atoms with Crippen molar-refractivity contribution < 1.29 is 15.0 Å². The summed E-state index contributed by atoms with van der Waals surface area (Å²) >= 11 is 2.96. The quantitative estimate of drug-likeness (QED) is 0.826. The van der Waals surface area contributed by atoms with Gasteiger partial charge in [0, 0.05) is 15.5 Å². The normalized spacial score (nSPS) is 10.5. The summed E-state index contributed by atoms with van der Waals surface area (Å²) in [7, 11) is 0. The molecule has 2 rings (SSSR count). The van der Waals surface area contributed by atoms with E-state index in [1.807, 2.05) is 30.3 Å². The van der Waals surface area contributed by atoms with Crippen molar-refractivity contribution in [1.82, 2.24) is 0 Å². The lowest BCUT2D eigenvalue weighted by atomic mass is 10.2. The first-order valence-electron chi connectivity index (χ1n) is 5.33. The Kier molecular flexibility index (Phi) is 4.41. The summed E-state index contributed by atoms with van der Waals surface area (Å²) in [4.78, 5) is 13.3. The smallest absolute Gasteiger partial charge is 0.345 e. The number of carbonyl (C=O) groups is 1. The summed E-state index contributed by atoms with van der Waals surface area (Å²) in [5, 5.41) is 17.8. The second-order valence-electron chi connectivity index (χ2n) is 3.66. The van der Waals surface area contributed by atoms with Gasteiger partial charge in [-0.2, -0.15) is 0 Å². The first-order valence-corrected chi connectivity index (χ1v) is 7.14. The van der Waals surface area contributed by atoms with Crippen molar-refractivity contribution in [3.63, 3.8) is 0 Å². The van der Waals surface area contributed by atoms with Crippen LogP contribution in [-0.2, 0) is 12.4 Å². The summed E-state index contributed by atoms with van der Waals surface area (Å²) in [6.07, 6.45) is 0. The van der Waals surface area contributed by atoms with Crippen LogP contribution in [0.5, 0.6) is 0 Å². The molecular weight excluding hydrogens is 268 g/mol. The van der Waals surface area contributed by atoms with E-state index in [4.69, 9.17) is 10.2 Å². The average Bonchev–Trinajstić information content (AvgIpc) is 2.86. The Labute approximate surface area is 113 Å². The van der Waals surface area contributed by atoms with Crippen molar-refractivity contribution in [3.8, 4) is 0 Å². The zero-order valence-electron chi connectivity index (χ0n) is 9.50. The van der Waals surface area contributed by atoms with E-state index in [9.17, 15) is 4.79 Å². The average molecular weight is 280 g/mol. The molecule has 0 aliphatic carbocycles. The van der Waals surface area contributed by atoms with Gasteiger partial charge >= 0.3 is 5.97 Å². The minimum absolute atomic E-state index is 0.0534. The Hall–Kier alpha value is -1.30. The second kappa shape index (κ2) is 6.04. The number of thiophene rings is 1. The maximum absolute atomic E-state index is 10.7. The Bertz CT molecular complexity index is 531. The fourth-order valence-corrected chi connectivity index (χ4v) is 3.20. The number of aliphatic hydroxyl groups is 1. The van der Waals surface area contributed by atoms with Crippen LogP contribution in [0.15, 0.2) is 41.3 Å². The first-order chi connectivity index (χ1) is 8.69. The number of benzene rings is 1. The van der Waals surface area contributed by atoms with Gasteiger partial charge in [0.15, 0.2) is 0 Å². The highest BCUT2D eigenvalue weighted by molar-refractivity contribution is 7.98. The van der Waals surface area contributed by atoms with Gasteiger partial charge in [-0.15, -0.1) is 23.1 Å². The fourth-order valence-electron chi connectivity index (χ4n) is 1.42. The third kappa shape index (κ3) is 3.35. The highest BCUT2D eigenvalue weighted by Crippen LogP contribution is 2.27. The zero-order chi connectivity index (χ0) is 13.0. The van der Waals surface area contributed by atoms with Crippen LogP contribution < -0.4 is 0 Å². The number of rotatable bonds is 5. The fraction of sp³-hybridized carbons (Fsp3) is 0.154. The Balaban J connectivity index is 1.95. The number of carboxylic acid groups (broad SMARTS) is 1. The zero-order valence-corrected chi connectivity index (χ0v) is 11.1. The van der Waals surface area contributed by atoms with Gasteiger partial charge in [0.25, 0.3) is 0 Å². The van der Waals surface area contributed by atoms with E-state index in [0.29, 0.717) is 4.88 Å². The molecule has 0 unspecified atom stereocenters. The molecule has 0 aliphatic rings. The molecule has 1 aromatic carbocycles. The predicted molar refractivity (Wildman–Crippen MR) is 73.2 cm³/mol. The number of carboxylic acids is 1. The Morgan fingerprint density at radius 1 is 1.17 bits per heavy atom. The Morgan fingerprint density at radius 3 is 2.44 bits per heavy atom. The van der Waals surface area contributed by atoms with Crippen LogP contribution in [0.1, 0.15) is 20.1 Å². The summed E-state index contributed by atoms with van der Waals surface area (Å²) in [5.41, 5.74) is 0.892. The highest BCUT2D eigenvalue weighted by atomic mass is 32.2. The summed E-state index contributed by atoms with van der Waals surface area (Å²) in [5.74, 6) is -0.111. The molecule has 2 N–H and O–H groups in total. The topological polar surface area (TPSA) is 57.5 Å². The van der Waals surface area contributed by atoms with E-state index in [0.717, 1.165) is 21.1 Å². The van der Waals surface area contributed by atoms with Crippen LogP contribution >= 0.6 is 23.1 Å². The van der Waals surface area contributed by atoms with Gasteiger partial charge < -0.3 is 10.2 Å². The maximum Gasteiger partial charge on any atom is 0.345 e. The largest absolute Gasteiger partial charge is 0.477 e. The highest BCUT2D eigenvalue weighted by Gasteiger charge is 2.07. The third-order valence-corrected chi connectivity index (χ3v) is 4.68. The lowest BCUT2D eigenvalue weighted by Gasteiger charge is -2.01. The van der Waals surface area contributed by atoms with Crippen molar-refractivity contribution in [3.05, 3.63) is 51.7 Å². The van der Waals surface area contributed by atoms with Crippen LogP contribution in [0.3, 0.4) is 0 Å². The van der Waals surface area contributed by atoms with Gasteiger partial charge in [0.2, 0.25) is 0 Å². The van der Waals surface area contributed by atoms with E-state index >= 15 is 0 Å². The molecule has 0 radical (unpaired) electrons. The van der Waals surface area contributed by atoms with Gasteiger partial charge in [-0.3, -0.25) is 0 Å². The van der Waals surface area contributed by atoms with Crippen LogP contribution in [-0.4, -0.2) is 16.2 Å². The van der Waals surface area contributed by atoms with Crippen LogP contribution in [0, 0.1) is 0 Å². The molecule has 1 heterocycles. The van der Waals surface area contributed by atoms with Crippen molar-refractivity contribution in [2.24, 2.45) is 0 Å². The number of hydrogen-bond acceptors (Lipinski definition) is 4. The first kappa shape index (κ1) is 13.1. The van der Waals surface area contributed by atoms with Crippen LogP contribution in [0.2, 0.25) is 0 Å². The minimum Gasteiger partial charge on any atom is -0.477 e. The standard InChI is InChI=1S/C13H12O3S2/c14-7-9-1-3-10(4-2-9)17-8-11-5-6-12(18-11)13(15)16/h1-6,14H,7-8H2,(H,15,16). The summed E-state index contributed by atoms with van der Waals surface area (Å²) < 4.78 is 0. The number of thioether (sulfide) groups is 1. The van der Waals surface area contributed by atoms with E-state index in [1.54, 1.807) is 17.8 Å². The van der Waals surface area contributed by atoms with Gasteiger partial charge in [0.1, 0.15) is 4.88 Å². The number of hydrogen-bond donors (Lipinski definition) is 2. The minimum atomic E-state index is -0.872. The molecule has 3 nitrogen and oxygen atoms in total. The van der Waals surface area contributed by atoms with Crippen molar-refractivity contribution in [1.29, 1.82) is 0 Å². The van der Waals surface area contributed by atoms with E-state index in [1.165, 1.54) is 11.3 Å². The molecule has 0 atom stereocenters. The predicted octanol–water partition coefficient (Wildman–Crippen LogP) is 3.23. The molecule has 0 saturated heterocycles. The molecule has 18 heavy (non-hydrogen) atoms. The summed E-state index contributed by atoms with van der Waals surface area (Å²) in [6.45, 7) is 0.0534. The molecule has 94 valence electrons. The monoisotopic (exact) mass is 280 g/mol. The van der Waals surface area contributed by atoms with Crippen molar-refractivity contribution in [2.45, 2.75) is 17.3 Å². The van der Waals surface area contributed by atoms with Gasteiger partial charge in [-0.1, -0.05) is 12.1 Å². The van der Waals surface area contributed by atoms with Gasteiger partial charge in [-0.05, 0) is 29.8 Å². The molecule has 0 bridgehead atoms. The molecule has 0 amide bonds. The molecule has 0 saturated carbocycles. The SMILES string of the molecule is O=C(O)c1ccc(CSc2ccc(CO)cc2)s1. The lowest BCUT2D eigenvalue weighted by molar-refractivity contribution is 0.0702. The molecule has 2 aromatic rings. The summed E-state index contributed by atoms with van der Waals surface area (Å²) in [6, 6.07) is 11.2. The van der Waals surface area contributed by atoms with Crippen molar-refractivity contribution in [2.75, 3.05) is 0 Å². The number of aromatic carboxylic acids is 1. The molecule has 0 aliphatic heterocycles. The maximum atomic E-state index is 10.7.